The topological polar surface area (TPSA) is 0 Å². The molecule has 0 radical (unpaired) electrons. The van der Waals surface area contributed by atoms with Crippen LogP contribution in [0, 0.1) is 24.7 Å². The molecule has 0 fully saturated rings. The molecule has 0 aromatic heterocycles. The van der Waals surface area contributed by atoms with Crippen molar-refractivity contribution in [2.24, 2.45) is 0 Å². The average molecular weight is 1160 g/mol. The van der Waals surface area contributed by atoms with Crippen molar-refractivity contribution in [3.05, 3.63) is 157 Å². The molecule has 0 unspecified atom stereocenters. The third kappa shape index (κ3) is 11.4. The summed E-state index contributed by atoms with van der Waals surface area (Å²) in [6.07, 6.45) is 14.7. The maximum atomic E-state index is 7.35. The van der Waals surface area contributed by atoms with Crippen molar-refractivity contribution in [3.8, 4) is 11.8 Å². The van der Waals surface area contributed by atoms with Crippen molar-refractivity contribution >= 4 is 69.5 Å². The van der Waals surface area contributed by atoms with Gasteiger partial charge in [-0.1, -0.05) is 120 Å². The van der Waals surface area contributed by atoms with E-state index in [4.69, 9.17) is 12.8 Å². The van der Waals surface area contributed by atoms with Crippen LogP contribution in [0.3, 0.4) is 0 Å². The zero-order valence-electron chi connectivity index (χ0n) is 36.3. The Bertz CT molecular complexity index is 2350. The van der Waals surface area contributed by atoms with Gasteiger partial charge in [-0.15, -0.1) is 23.3 Å². The summed E-state index contributed by atoms with van der Waals surface area (Å²) >= 11 is 0. The molecule has 0 N–H and O–H groups in total. The Labute approximate surface area is 384 Å². The molecule has 0 heterocycles. The first kappa shape index (κ1) is 49.4. The Kier molecular flexibility index (Phi) is 17.1. The van der Waals surface area contributed by atoms with E-state index in [1.54, 1.807) is 10.6 Å². The van der Waals surface area contributed by atoms with Crippen molar-refractivity contribution in [1.29, 1.82) is 0 Å². The van der Waals surface area contributed by atoms with Crippen LogP contribution < -0.4 is 10.6 Å². The van der Waals surface area contributed by atoms with E-state index < -0.39 is 15.8 Å². The van der Waals surface area contributed by atoms with Gasteiger partial charge in [0.15, 0.2) is 0 Å². The Morgan fingerprint density at radius 1 is 0.345 bits per heavy atom. The molecule has 4 heteroatoms. The van der Waals surface area contributed by atoms with E-state index in [-0.39, 0.29) is 44.8 Å². The van der Waals surface area contributed by atoms with Crippen molar-refractivity contribution in [2.75, 3.05) is 0 Å². The predicted molar refractivity (Wildman–Crippen MR) is 257 cm³/mol. The maximum Gasteiger partial charge on any atom is 1.00 e. The van der Waals surface area contributed by atoms with Crippen molar-refractivity contribution in [3.63, 3.8) is 0 Å². The van der Waals surface area contributed by atoms with Crippen molar-refractivity contribution in [2.45, 2.75) is 104 Å². The van der Waals surface area contributed by atoms with Gasteiger partial charge in [-0.3, -0.25) is 11.8 Å². The molecule has 0 aliphatic heterocycles. The zero-order chi connectivity index (χ0) is 41.1. The first-order valence-corrected chi connectivity index (χ1v) is 22.8. The third-order valence-electron chi connectivity index (χ3n) is 10.3. The van der Waals surface area contributed by atoms with Crippen LogP contribution in [0.5, 0.6) is 0 Å². The van der Waals surface area contributed by atoms with Gasteiger partial charge in [0, 0.05) is 15.8 Å². The fourth-order valence-electron chi connectivity index (χ4n) is 9.10. The maximum absolute atomic E-state index is 7.35. The zero-order valence-corrected chi connectivity index (χ0v) is 42.6. The molecule has 0 spiro atoms. The third-order valence-corrected chi connectivity index (χ3v) is 18.5. The molecule has 0 aliphatic carbocycles. The molecule has 0 saturated carbocycles. The molecule has 7 aromatic carbocycles. The van der Waals surface area contributed by atoms with Crippen LogP contribution in [0.25, 0.3) is 43.1 Å². The average Bonchev–Trinajstić information content (AvgIpc) is 3.13. The molecule has 0 nitrogen and oxygen atoms in total. The summed E-state index contributed by atoms with van der Waals surface area (Å²) in [6.45, 7) is 29.4. The van der Waals surface area contributed by atoms with Gasteiger partial charge in [-0.05, 0) is 128 Å². The van der Waals surface area contributed by atoms with E-state index in [1.165, 1.54) is 21.5 Å². The van der Waals surface area contributed by atoms with Crippen molar-refractivity contribution in [1.82, 2.24) is 0 Å². The van der Waals surface area contributed by atoms with E-state index in [9.17, 15) is 0 Å². The first-order chi connectivity index (χ1) is 26.3. The molecule has 7 aromatic rings. The number of hydrogen-bond donors (Lipinski definition) is 0. The molecule has 0 aliphatic rings. The van der Waals surface area contributed by atoms with Crippen LogP contribution in [-0.4, -0.2) is 20.6 Å². The summed E-state index contributed by atoms with van der Waals surface area (Å²) < 4.78 is 0. The monoisotopic (exact) mass is 1160 g/mol. The van der Waals surface area contributed by atoms with Gasteiger partial charge in [0.2, 0.25) is 0 Å². The van der Waals surface area contributed by atoms with Gasteiger partial charge >= 0.3 is 44.8 Å². The summed E-state index contributed by atoms with van der Waals surface area (Å²) in [4.78, 5) is 0. The summed E-state index contributed by atoms with van der Waals surface area (Å²) in [5.41, 5.74) is 1.71. The summed E-state index contributed by atoms with van der Waals surface area (Å²) in [7, 11) is -1.44. The SMILES string of the molecule is CC(C)(C)[PH+](c1ccccc1[PH+](C(C)(C)C)C(C)(C)C)C(C)(C)C.[Au+].[Au+].[C-]#Cc1cc2ccccc2c2ccccc12.[C-]#Cc1cc2ccccc2c2ccccc12. The minimum Gasteiger partial charge on any atom is -0.366 e. The number of fused-ring (bicyclic) bond motifs is 6. The second-order valence-electron chi connectivity index (χ2n) is 18.9. The predicted octanol–water partition coefficient (Wildman–Crippen LogP) is 14.4. The van der Waals surface area contributed by atoms with Crippen LogP contribution in [0.1, 0.15) is 94.2 Å². The quantitative estimate of drug-likeness (QED) is 0.0532. The normalized spacial score (nSPS) is 11.8. The molecule has 0 bridgehead atoms. The molecule has 58 heavy (non-hydrogen) atoms. The van der Waals surface area contributed by atoms with Gasteiger partial charge in [-0.25, -0.2) is 0 Å². The van der Waals surface area contributed by atoms with Crippen LogP contribution in [0.4, 0.5) is 0 Å². The number of hydrogen-bond acceptors (Lipinski definition) is 0. The van der Waals surface area contributed by atoms with E-state index in [0.717, 1.165) is 32.7 Å². The van der Waals surface area contributed by atoms with Gasteiger partial charge in [0.05, 0.1) is 20.6 Å². The molecule has 0 saturated heterocycles. The fraction of sp³-hybridized carbons (Fsp3) is 0.296. The minimum absolute atomic E-state index is 0. The Morgan fingerprint density at radius 2 is 0.586 bits per heavy atom. The second kappa shape index (κ2) is 20.1. The molecule has 7 rings (SSSR count). The molecule has 306 valence electrons. The van der Waals surface area contributed by atoms with E-state index in [0.29, 0.717) is 20.6 Å². The summed E-state index contributed by atoms with van der Waals surface area (Å²) in [5, 5.41) is 14.1. The molecular weight excluding hydrogens is 1100 g/mol. The molecule has 0 amide bonds. The Hall–Kier alpha value is -2.96. The number of rotatable bonds is 2. The van der Waals surface area contributed by atoms with E-state index in [1.807, 2.05) is 72.8 Å². The van der Waals surface area contributed by atoms with E-state index in [2.05, 4.69) is 156 Å². The summed E-state index contributed by atoms with van der Waals surface area (Å²) in [5.74, 6) is 5.02. The number of benzene rings is 7. The Morgan fingerprint density at radius 3 is 0.862 bits per heavy atom. The van der Waals surface area contributed by atoms with Gasteiger partial charge in [0.25, 0.3) is 0 Å². The van der Waals surface area contributed by atoms with Crippen molar-refractivity contribution < 1.29 is 44.8 Å². The van der Waals surface area contributed by atoms with Crippen LogP contribution in [-0.2, 0) is 44.8 Å². The Balaban J connectivity index is 0.000000234. The standard InChI is InChI=1S/C22H40P2.2C16H9.2Au/c1-19(2,3)23(20(4,5)6)17-15-13-14-16-18(17)24(21(7,8)9)22(10,11)12;2*1-2-12-11-13-7-3-4-9-15(13)16-10-6-5-8-14(12)16;;/h13-16H,1-12H3;2*3-11H;;/q;2*-1;2*+1/p+2. The largest absolute Gasteiger partial charge is 1.00 e. The van der Waals surface area contributed by atoms with Crippen LogP contribution in [0.2, 0.25) is 0 Å². The van der Waals surface area contributed by atoms with Crippen LogP contribution in [0.15, 0.2) is 133 Å². The molecule has 0 atom stereocenters. The van der Waals surface area contributed by atoms with Crippen LogP contribution >= 0.6 is 15.8 Å². The summed E-state index contributed by atoms with van der Waals surface area (Å²) in [6, 6.07) is 46.3. The molecular formula is C54H60Au2P2+2. The van der Waals surface area contributed by atoms with Gasteiger partial charge in [-0.2, -0.15) is 0 Å². The smallest absolute Gasteiger partial charge is 0.366 e. The van der Waals surface area contributed by atoms with E-state index >= 15 is 0 Å². The van der Waals surface area contributed by atoms with Gasteiger partial charge < -0.3 is 12.8 Å². The fourth-order valence-corrected chi connectivity index (χ4v) is 18.8. The second-order valence-corrected chi connectivity index (χ2v) is 27.5. The minimum atomic E-state index is -0.721. The first-order valence-electron chi connectivity index (χ1n) is 19.8. The van der Waals surface area contributed by atoms with Gasteiger partial charge in [0.1, 0.15) is 10.6 Å².